The highest BCUT2D eigenvalue weighted by molar-refractivity contribution is 5.91. The molecule has 33 heavy (non-hydrogen) atoms. The van der Waals surface area contributed by atoms with Crippen LogP contribution in [0.1, 0.15) is 23.1 Å². The van der Waals surface area contributed by atoms with E-state index in [9.17, 15) is 14.4 Å². The van der Waals surface area contributed by atoms with Gasteiger partial charge in [0.1, 0.15) is 5.75 Å². The molecule has 1 atom stereocenters. The van der Waals surface area contributed by atoms with E-state index in [-0.39, 0.29) is 18.3 Å². The number of aromatic nitrogens is 3. The van der Waals surface area contributed by atoms with Crippen LogP contribution in [-0.4, -0.2) is 70.1 Å². The number of benzene rings is 2. The minimum Gasteiger partial charge on any atom is -0.496 e. The Balaban J connectivity index is 1.66. The van der Waals surface area contributed by atoms with Gasteiger partial charge < -0.3 is 14.5 Å². The van der Waals surface area contributed by atoms with Gasteiger partial charge in [-0.3, -0.25) is 14.6 Å². The molecule has 0 spiro atoms. The lowest BCUT2D eigenvalue weighted by Crippen LogP contribution is -2.38. The van der Waals surface area contributed by atoms with E-state index in [1.54, 1.807) is 16.9 Å². The van der Waals surface area contributed by atoms with E-state index in [1.807, 2.05) is 55.5 Å². The molecule has 0 aliphatic carbocycles. The van der Waals surface area contributed by atoms with Crippen molar-refractivity contribution in [1.29, 1.82) is 0 Å². The van der Waals surface area contributed by atoms with Crippen LogP contribution in [0.15, 0.2) is 53.3 Å². The largest absolute Gasteiger partial charge is 0.496 e. The number of carbonyl (C=O) groups is 2. The summed E-state index contributed by atoms with van der Waals surface area (Å²) in [6, 6.07) is 15.7. The van der Waals surface area contributed by atoms with Crippen molar-refractivity contribution >= 4 is 11.8 Å². The van der Waals surface area contributed by atoms with Crippen molar-refractivity contribution in [3.8, 4) is 16.9 Å². The van der Waals surface area contributed by atoms with E-state index < -0.39 is 17.5 Å². The standard InChI is InChI=1S/C24H27N5O4/c1-3-28-12-13-29(23(31)21-25-24(32)27-26-21)15-17(22(28)30)14-16-8-4-5-9-18(16)19-10-6-7-11-20(19)33-2/h4-11,17H,3,12-15H2,1-2H3,(H2,25,26,27,32). The lowest BCUT2D eigenvalue weighted by molar-refractivity contribution is -0.134. The summed E-state index contributed by atoms with van der Waals surface area (Å²) in [6.45, 7) is 3.53. The first kappa shape index (κ1) is 22.3. The quantitative estimate of drug-likeness (QED) is 0.597. The summed E-state index contributed by atoms with van der Waals surface area (Å²) in [6.07, 6.45) is 0.463. The van der Waals surface area contributed by atoms with Gasteiger partial charge in [-0.1, -0.05) is 42.5 Å². The molecule has 2 amide bonds. The van der Waals surface area contributed by atoms with Gasteiger partial charge >= 0.3 is 5.69 Å². The van der Waals surface area contributed by atoms with Crippen molar-refractivity contribution in [3.63, 3.8) is 0 Å². The summed E-state index contributed by atoms with van der Waals surface area (Å²) < 4.78 is 5.55. The lowest BCUT2D eigenvalue weighted by Gasteiger charge is -2.24. The third-order valence-corrected chi connectivity index (χ3v) is 6.00. The van der Waals surface area contributed by atoms with E-state index in [1.165, 1.54) is 0 Å². The van der Waals surface area contributed by atoms with Crippen molar-refractivity contribution in [1.82, 2.24) is 25.0 Å². The average Bonchev–Trinajstić information content (AvgIpc) is 3.22. The number of ether oxygens (including phenoxy) is 1. The molecule has 1 unspecified atom stereocenters. The highest BCUT2D eigenvalue weighted by Crippen LogP contribution is 2.33. The van der Waals surface area contributed by atoms with Gasteiger partial charge in [-0.2, -0.15) is 0 Å². The maximum absolute atomic E-state index is 13.3. The number of amides is 2. The molecule has 1 aliphatic rings. The second-order valence-corrected chi connectivity index (χ2v) is 7.95. The minimum absolute atomic E-state index is 0.0122. The molecule has 1 saturated heterocycles. The van der Waals surface area contributed by atoms with Gasteiger partial charge in [-0.15, -0.1) is 5.10 Å². The fourth-order valence-corrected chi connectivity index (χ4v) is 4.31. The minimum atomic E-state index is -0.540. The van der Waals surface area contributed by atoms with Crippen LogP contribution in [0.3, 0.4) is 0 Å². The second kappa shape index (κ2) is 9.72. The van der Waals surface area contributed by atoms with Crippen molar-refractivity contribution < 1.29 is 14.3 Å². The number of para-hydroxylation sites is 1. The fraction of sp³-hybridized carbons (Fsp3) is 0.333. The van der Waals surface area contributed by atoms with Crippen LogP contribution in [-0.2, 0) is 11.2 Å². The molecule has 9 heteroatoms. The summed E-state index contributed by atoms with van der Waals surface area (Å²) in [5, 5.41) is 5.99. The summed E-state index contributed by atoms with van der Waals surface area (Å²) in [4.78, 5) is 43.5. The SMILES string of the molecule is CCN1CCN(C(=O)c2n[nH]c(=O)[nH]2)CC(Cc2ccccc2-c2ccccc2OC)C1=O. The van der Waals surface area contributed by atoms with E-state index in [4.69, 9.17) is 4.74 Å². The van der Waals surface area contributed by atoms with Gasteiger partial charge in [0.2, 0.25) is 11.7 Å². The second-order valence-electron chi connectivity index (χ2n) is 7.95. The maximum Gasteiger partial charge on any atom is 0.341 e. The van der Waals surface area contributed by atoms with E-state index in [2.05, 4.69) is 15.2 Å². The van der Waals surface area contributed by atoms with Crippen molar-refractivity contribution in [2.75, 3.05) is 33.3 Å². The first-order valence-electron chi connectivity index (χ1n) is 11.0. The molecule has 3 aromatic rings. The van der Waals surface area contributed by atoms with E-state index in [0.717, 1.165) is 22.4 Å². The molecule has 1 aromatic heterocycles. The molecule has 0 saturated carbocycles. The highest BCUT2D eigenvalue weighted by Gasteiger charge is 2.33. The van der Waals surface area contributed by atoms with E-state index in [0.29, 0.717) is 26.1 Å². The van der Waals surface area contributed by atoms with Crippen molar-refractivity contribution in [2.45, 2.75) is 13.3 Å². The third-order valence-electron chi connectivity index (χ3n) is 6.00. The Morgan fingerprint density at radius 1 is 1.09 bits per heavy atom. The number of hydrogen-bond acceptors (Lipinski definition) is 5. The zero-order valence-electron chi connectivity index (χ0n) is 18.7. The topological polar surface area (TPSA) is 111 Å². The zero-order valence-corrected chi connectivity index (χ0v) is 18.7. The number of aromatic amines is 2. The zero-order chi connectivity index (χ0) is 23.4. The van der Waals surface area contributed by atoms with Gasteiger partial charge in [0, 0.05) is 31.7 Å². The number of nitrogens with zero attached hydrogens (tertiary/aromatic N) is 3. The molecule has 0 bridgehead atoms. The number of nitrogens with one attached hydrogen (secondary N) is 2. The highest BCUT2D eigenvalue weighted by atomic mass is 16.5. The Morgan fingerprint density at radius 2 is 1.82 bits per heavy atom. The Bertz CT molecular complexity index is 1200. The molecule has 4 rings (SSSR count). The van der Waals surface area contributed by atoms with Gasteiger partial charge in [0.25, 0.3) is 5.91 Å². The smallest absolute Gasteiger partial charge is 0.341 e. The summed E-state index contributed by atoms with van der Waals surface area (Å²) in [5.74, 6) is -0.115. The van der Waals surface area contributed by atoms with Gasteiger partial charge in [-0.25, -0.2) is 9.89 Å². The summed E-state index contributed by atoms with van der Waals surface area (Å²) in [7, 11) is 1.64. The predicted molar refractivity (Wildman–Crippen MR) is 123 cm³/mol. The van der Waals surface area contributed by atoms with Crippen LogP contribution in [0.4, 0.5) is 0 Å². The van der Waals surface area contributed by atoms with Crippen molar-refractivity contribution in [2.24, 2.45) is 5.92 Å². The Kier molecular flexibility index (Phi) is 6.58. The molecule has 2 aromatic carbocycles. The molecular formula is C24H27N5O4. The Labute approximate surface area is 191 Å². The normalized spacial score (nSPS) is 16.5. The number of H-pyrrole nitrogens is 2. The lowest BCUT2D eigenvalue weighted by atomic mass is 9.91. The first-order chi connectivity index (χ1) is 16.0. The molecule has 1 fully saturated rings. The van der Waals surface area contributed by atoms with E-state index >= 15 is 0 Å². The van der Waals surface area contributed by atoms with Crippen LogP contribution < -0.4 is 10.4 Å². The predicted octanol–water partition coefficient (Wildman–Crippen LogP) is 1.94. The number of likely N-dealkylation sites (N-methyl/N-ethyl adjacent to an activating group) is 1. The summed E-state index contributed by atoms with van der Waals surface area (Å²) >= 11 is 0. The fourth-order valence-electron chi connectivity index (χ4n) is 4.31. The molecule has 0 radical (unpaired) electrons. The monoisotopic (exact) mass is 449 g/mol. The van der Waals surface area contributed by atoms with Crippen LogP contribution in [0, 0.1) is 5.92 Å². The Hall–Kier alpha value is -3.88. The molecule has 2 heterocycles. The van der Waals surface area contributed by atoms with Crippen LogP contribution >= 0.6 is 0 Å². The number of rotatable bonds is 6. The van der Waals surface area contributed by atoms with Crippen molar-refractivity contribution in [3.05, 3.63) is 70.4 Å². The van der Waals surface area contributed by atoms with Crippen LogP contribution in [0.5, 0.6) is 5.75 Å². The Morgan fingerprint density at radius 3 is 2.52 bits per heavy atom. The van der Waals surface area contributed by atoms with Gasteiger partial charge in [0.05, 0.1) is 13.0 Å². The van der Waals surface area contributed by atoms with Gasteiger partial charge in [0.15, 0.2) is 0 Å². The molecule has 1 aliphatic heterocycles. The summed E-state index contributed by atoms with van der Waals surface area (Å²) in [5.41, 5.74) is 2.40. The third kappa shape index (κ3) is 4.67. The average molecular weight is 450 g/mol. The molecule has 2 N–H and O–H groups in total. The molecule has 9 nitrogen and oxygen atoms in total. The first-order valence-corrected chi connectivity index (χ1v) is 11.0. The molecule has 172 valence electrons. The number of carbonyl (C=O) groups excluding carboxylic acids is 2. The maximum atomic E-state index is 13.3. The van der Waals surface area contributed by atoms with Gasteiger partial charge in [-0.05, 0) is 30.5 Å². The number of methoxy groups -OCH3 is 1. The number of hydrogen-bond donors (Lipinski definition) is 2. The van der Waals surface area contributed by atoms with Crippen LogP contribution in [0.25, 0.3) is 11.1 Å². The molecular weight excluding hydrogens is 422 g/mol. The van der Waals surface area contributed by atoms with Crippen LogP contribution in [0.2, 0.25) is 0 Å².